The lowest BCUT2D eigenvalue weighted by Crippen LogP contribution is -2.58. The fourth-order valence-corrected chi connectivity index (χ4v) is 8.31. The van der Waals surface area contributed by atoms with E-state index >= 15 is 0 Å². The van der Waals surface area contributed by atoms with Crippen LogP contribution in [0.4, 0.5) is 4.39 Å². The van der Waals surface area contributed by atoms with Crippen LogP contribution < -0.4 is 20.1 Å². The summed E-state index contributed by atoms with van der Waals surface area (Å²) in [4.78, 5) is 66.1. The normalized spacial score (nSPS) is 22.7. The Bertz CT molecular complexity index is 2050. The van der Waals surface area contributed by atoms with E-state index in [-0.39, 0.29) is 43.0 Å². The number of furan rings is 1. The molecular formula is C38H47FN6O8S. The van der Waals surface area contributed by atoms with Gasteiger partial charge in [-0.25, -0.2) is 22.8 Å². The number of hydrogen-bond donors (Lipinski definition) is 3. The molecule has 2 aliphatic carbocycles. The third-order valence-corrected chi connectivity index (χ3v) is 12.1. The Labute approximate surface area is 313 Å². The van der Waals surface area contributed by atoms with Gasteiger partial charge in [0.05, 0.1) is 22.8 Å². The zero-order chi connectivity index (χ0) is 38.8. The molecule has 1 aromatic carbocycles. The second kappa shape index (κ2) is 15.9. The van der Waals surface area contributed by atoms with E-state index in [4.69, 9.17) is 9.15 Å². The molecule has 3 fully saturated rings. The molecule has 16 heteroatoms. The Balaban J connectivity index is 1.29. The number of unbranched alkanes of at least 4 members (excludes halogenated alkanes) is 3. The van der Waals surface area contributed by atoms with Gasteiger partial charge in [-0.1, -0.05) is 45.6 Å². The molecule has 0 spiro atoms. The third-order valence-electron chi connectivity index (χ3n) is 10.3. The number of ether oxygens (including phenoxy) is 1. The summed E-state index contributed by atoms with van der Waals surface area (Å²) in [6.45, 7) is 9.29. The molecule has 0 radical (unpaired) electrons. The van der Waals surface area contributed by atoms with Gasteiger partial charge in [0, 0.05) is 18.4 Å². The predicted molar refractivity (Wildman–Crippen MR) is 196 cm³/mol. The van der Waals surface area contributed by atoms with Crippen LogP contribution in [0.25, 0.3) is 11.0 Å². The maximum atomic E-state index is 14.5. The third kappa shape index (κ3) is 8.43. The Morgan fingerprint density at radius 2 is 1.89 bits per heavy atom. The lowest BCUT2D eigenvalue weighted by Gasteiger charge is -2.29. The van der Waals surface area contributed by atoms with Gasteiger partial charge in [0.15, 0.2) is 5.76 Å². The molecule has 14 nitrogen and oxygen atoms in total. The number of aromatic nitrogens is 2. The summed E-state index contributed by atoms with van der Waals surface area (Å²) < 4.78 is 53.5. The molecule has 3 aliphatic rings. The number of nitrogens with one attached hydrogen (secondary N) is 3. The summed E-state index contributed by atoms with van der Waals surface area (Å²) >= 11 is 0. The van der Waals surface area contributed by atoms with Crippen molar-refractivity contribution in [3.63, 3.8) is 0 Å². The van der Waals surface area contributed by atoms with E-state index in [1.54, 1.807) is 13.0 Å². The SMILES string of the molecule is C=CC1C[C@]1(NC(=O)[C@@H]1C[C@@H](Oc2nc3cc(F)ccc3nc2CC)CN1C(=O)[C@H](CCCCCC)NC(=O)c1ccc(C)o1)C(=O)NS(=O)(=O)C1CC1. The molecule has 6 rings (SSSR count). The smallest absolute Gasteiger partial charge is 0.287 e. The van der Waals surface area contributed by atoms with Crippen molar-refractivity contribution in [1.29, 1.82) is 0 Å². The number of carbonyl (C=O) groups is 4. The van der Waals surface area contributed by atoms with E-state index in [0.29, 0.717) is 42.7 Å². The molecule has 290 valence electrons. The second-order valence-corrected chi connectivity index (χ2v) is 16.4. The highest BCUT2D eigenvalue weighted by molar-refractivity contribution is 7.91. The molecular weight excluding hydrogens is 720 g/mol. The maximum Gasteiger partial charge on any atom is 0.287 e. The van der Waals surface area contributed by atoms with Crippen LogP contribution in [-0.4, -0.2) is 82.4 Å². The quantitative estimate of drug-likeness (QED) is 0.134. The Morgan fingerprint density at radius 3 is 2.54 bits per heavy atom. The van der Waals surface area contributed by atoms with Gasteiger partial charge in [0.2, 0.25) is 27.7 Å². The number of benzene rings is 1. The van der Waals surface area contributed by atoms with Crippen LogP contribution in [0.2, 0.25) is 0 Å². The van der Waals surface area contributed by atoms with Crippen molar-refractivity contribution in [2.45, 2.75) is 114 Å². The number of halogens is 1. The molecule has 3 aromatic rings. The molecule has 1 aliphatic heterocycles. The van der Waals surface area contributed by atoms with Crippen LogP contribution in [0.1, 0.15) is 93.6 Å². The van der Waals surface area contributed by atoms with Crippen LogP contribution in [-0.2, 0) is 30.8 Å². The van der Waals surface area contributed by atoms with Crippen molar-refractivity contribution in [1.82, 2.24) is 30.2 Å². The molecule has 2 saturated carbocycles. The molecule has 1 saturated heterocycles. The number of amides is 4. The number of nitrogens with zero attached hydrogens (tertiary/aromatic N) is 3. The average molecular weight is 767 g/mol. The summed E-state index contributed by atoms with van der Waals surface area (Å²) in [5.74, 6) is -3.05. The summed E-state index contributed by atoms with van der Waals surface area (Å²) in [7, 11) is -3.92. The molecule has 0 bridgehead atoms. The fraction of sp³-hybridized carbons (Fsp3) is 0.526. The van der Waals surface area contributed by atoms with E-state index in [1.807, 2.05) is 6.92 Å². The minimum atomic E-state index is -3.92. The van der Waals surface area contributed by atoms with Gasteiger partial charge in [0.25, 0.3) is 11.8 Å². The van der Waals surface area contributed by atoms with E-state index in [0.717, 1.165) is 19.3 Å². The van der Waals surface area contributed by atoms with E-state index in [9.17, 15) is 32.0 Å². The highest BCUT2D eigenvalue weighted by atomic mass is 32.2. The minimum absolute atomic E-state index is 0.0334. The van der Waals surface area contributed by atoms with Gasteiger partial charge < -0.3 is 24.7 Å². The molecule has 54 heavy (non-hydrogen) atoms. The Kier molecular flexibility index (Phi) is 11.4. The lowest BCUT2D eigenvalue weighted by atomic mass is 10.0. The lowest BCUT2D eigenvalue weighted by molar-refractivity contribution is -0.141. The number of carbonyl (C=O) groups excluding carboxylic acids is 4. The van der Waals surface area contributed by atoms with Gasteiger partial charge in [-0.2, -0.15) is 0 Å². The fourth-order valence-electron chi connectivity index (χ4n) is 6.94. The molecule has 3 N–H and O–H groups in total. The zero-order valence-electron chi connectivity index (χ0n) is 30.7. The highest BCUT2D eigenvalue weighted by Gasteiger charge is 2.62. The van der Waals surface area contributed by atoms with Crippen LogP contribution in [0.5, 0.6) is 5.88 Å². The van der Waals surface area contributed by atoms with Gasteiger partial charge in [0.1, 0.15) is 41.0 Å². The predicted octanol–water partition coefficient (Wildman–Crippen LogP) is 4.02. The van der Waals surface area contributed by atoms with Crippen LogP contribution in [0.3, 0.4) is 0 Å². The number of hydrogen-bond acceptors (Lipinski definition) is 10. The first kappa shape index (κ1) is 38.9. The largest absolute Gasteiger partial charge is 0.471 e. The first-order chi connectivity index (χ1) is 25.8. The summed E-state index contributed by atoms with van der Waals surface area (Å²) in [5.41, 5.74) is -0.344. The number of rotatable bonds is 17. The molecule has 2 aromatic heterocycles. The highest BCUT2D eigenvalue weighted by Crippen LogP contribution is 2.45. The van der Waals surface area contributed by atoms with Gasteiger partial charge in [-0.3, -0.25) is 23.9 Å². The average Bonchev–Trinajstić information content (AvgIpc) is 4.04. The number of aryl methyl sites for hydroxylation is 2. The van der Waals surface area contributed by atoms with E-state index in [1.165, 1.54) is 35.2 Å². The topological polar surface area (TPSA) is 190 Å². The number of sulfonamides is 1. The Hall–Kier alpha value is -4.86. The monoisotopic (exact) mass is 766 g/mol. The number of fused-ring (bicyclic) bond motifs is 1. The van der Waals surface area contributed by atoms with Crippen LogP contribution >= 0.6 is 0 Å². The summed E-state index contributed by atoms with van der Waals surface area (Å²) in [6, 6.07) is 4.98. The minimum Gasteiger partial charge on any atom is -0.471 e. The van der Waals surface area contributed by atoms with Crippen molar-refractivity contribution in [2.75, 3.05) is 6.54 Å². The summed E-state index contributed by atoms with van der Waals surface area (Å²) in [6.07, 6.45) is 5.70. The van der Waals surface area contributed by atoms with Crippen LogP contribution in [0, 0.1) is 18.7 Å². The van der Waals surface area contributed by atoms with Gasteiger partial charge in [-0.15, -0.1) is 6.58 Å². The first-order valence-corrected chi connectivity index (χ1v) is 20.1. The molecule has 3 heterocycles. The Morgan fingerprint density at radius 1 is 1.11 bits per heavy atom. The first-order valence-electron chi connectivity index (χ1n) is 18.6. The standard InChI is InChI=1S/C38H47FN6O8S/c1-5-8-9-10-11-29(41-34(47)32-17-12-22(4)52-32)36(48)45-21-25(53-35-27(7-3)40-28-16-13-24(39)18-30(28)42-35)19-31(45)33(46)43-38(20-23(38)6-2)37(49)44-54(50,51)26-14-15-26/h6,12-13,16-18,23,25-26,29,31H,2,5,7-11,14-15,19-21H2,1,3-4H3,(H,41,47)(H,43,46)(H,44,49)/t23?,25-,29+,31+,38-/m1/s1. The molecule has 1 unspecified atom stereocenters. The van der Waals surface area contributed by atoms with Crippen molar-refractivity contribution in [2.24, 2.45) is 5.92 Å². The second-order valence-electron chi connectivity index (χ2n) is 14.4. The van der Waals surface area contributed by atoms with Crippen molar-refractivity contribution in [3.8, 4) is 5.88 Å². The zero-order valence-corrected chi connectivity index (χ0v) is 31.5. The van der Waals surface area contributed by atoms with E-state index < -0.39 is 74.4 Å². The molecule has 4 amide bonds. The maximum absolute atomic E-state index is 14.5. The molecule has 5 atom stereocenters. The van der Waals surface area contributed by atoms with Crippen molar-refractivity contribution < 1.29 is 41.1 Å². The van der Waals surface area contributed by atoms with Gasteiger partial charge in [-0.05, 0) is 63.3 Å². The summed E-state index contributed by atoms with van der Waals surface area (Å²) in [5, 5.41) is 4.92. The number of likely N-dealkylation sites (tertiary alicyclic amines) is 1. The van der Waals surface area contributed by atoms with Gasteiger partial charge >= 0.3 is 0 Å². The van der Waals surface area contributed by atoms with Crippen LogP contribution in [0.15, 0.2) is 47.4 Å². The van der Waals surface area contributed by atoms with E-state index in [2.05, 4.69) is 38.8 Å². The van der Waals surface area contributed by atoms with Crippen molar-refractivity contribution in [3.05, 3.63) is 66.0 Å². The van der Waals surface area contributed by atoms with Crippen molar-refractivity contribution >= 4 is 44.7 Å².